The van der Waals surface area contributed by atoms with Gasteiger partial charge in [0.1, 0.15) is 5.02 Å². The van der Waals surface area contributed by atoms with Crippen molar-refractivity contribution in [2.75, 3.05) is 7.11 Å². The van der Waals surface area contributed by atoms with Crippen molar-refractivity contribution >= 4 is 40.9 Å². The summed E-state index contributed by atoms with van der Waals surface area (Å²) < 4.78 is 4.38. The zero-order valence-corrected chi connectivity index (χ0v) is 10.2. The molecule has 17 heavy (non-hydrogen) atoms. The molecule has 0 atom stereocenters. The Morgan fingerprint density at radius 1 is 1.47 bits per heavy atom. The molecule has 90 valence electrons. The highest BCUT2D eigenvalue weighted by atomic mass is 35.5. The lowest BCUT2D eigenvalue weighted by atomic mass is 10.2. The second-order valence-electron chi connectivity index (χ2n) is 2.95. The van der Waals surface area contributed by atoms with Gasteiger partial charge in [-0.3, -0.25) is 10.1 Å². The fraction of sp³-hybridized carbons (Fsp3) is 0.100. The quantitative estimate of drug-likeness (QED) is 0.368. The van der Waals surface area contributed by atoms with E-state index in [1.807, 2.05) is 0 Å². The van der Waals surface area contributed by atoms with Crippen molar-refractivity contribution in [3.8, 4) is 0 Å². The van der Waals surface area contributed by atoms with Crippen molar-refractivity contribution in [2.24, 2.45) is 0 Å². The third kappa shape index (κ3) is 3.44. The third-order valence-electron chi connectivity index (χ3n) is 1.84. The Kier molecular flexibility index (Phi) is 4.48. The van der Waals surface area contributed by atoms with Crippen LogP contribution in [0.25, 0.3) is 6.08 Å². The molecule has 1 aromatic carbocycles. The number of benzene rings is 1. The Hall–Kier alpha value is -1.59. The van der Waals surface area contributed by atoms with Crippen LogP contribution in [0.5, 0.6) is 0 Å². The molecule has 0 radical (unpaired) electrons. The zero-order chi connectivity index (χ0) is 13.0. The number of nitro groups is 1. The van der Waals surface area contributed by atoms with Gasteiger partial charge in [0.2, 0.25) is 0 Å². The molecule has 0 bridgehead atoms. The van der Waals surface area contributed by atoms with Gasteiger partial charge in [-0.2, -0.15) is 0 Å². The summed E-state index contributed by atoms with van der Waals surface area (Å²) in [5.74, 6) is -0.571. The Morgan fingerprint density at radius 2 is 2.12 bits per heavy atom. The first kappa shape index (κ1) is 13.5. The van der Waals surface area contributed by atoms with Crippen LogP contribution in [0.1, 0.15) is 5.56 Å². The number of carbonyl (C=O) groups is 1. The predicted molar refractivity (Wildman–Crippen MR) is 64.2 cm³/mol. The highest BCUT2D eigenvalue weighted by molar-refractivity contribution is 6.43. The van der Waals surface area contributed by atoms with Gasteiger partial charge in [0.25, 0.3) is 5.69 Å². The third-order valence-corrected chi connectivity index (χ3v) is 2.63. The Labute approximate surface area is 107 Å². The molecule has 0 fully saturated rings. The number of methoxy groups -OCH3 is 1. The van der Waals surface area contributed by atoms with Crippen LogP contribution in [0.2, 0.25) is 10.0 Å². The van der Waals surface area contributed by atoms with Crippen LogP contribution in [0.15, 0.2) is 18.2 Å². The van der Waals surface area contributed by atoms with E-state index in [2.05, 4.69) is 4.74 Å². The monoisotopic (exact) mass is 275 g/mol. The normalized spacial score (nSPS) is 10.5. The summed E-state index contributed by atoms with van der Waals surface area (Å²) in [5.41, 5.74) is 0.0696. The Balaban J connectivity index is 3.15. The number of hydrogen-bond donors (Lipinski definition) is 0. The average Bonchev–Trinajstić information content (AvgIpc) is 2.29. The highest BCUT2D eigenvalue weighted by Gasteiger charge is 2.16. The van der Waals surface area contributed by atoms with Gasteiger partial charge in [0.15, 0.2) is 0 Å². The Morgan fingerprint density at radius 3 is 2.65 bits per heavy atom. The molecule has 7 heteroatoms. The van der Waals surface area contributed by atoms with E-state index in [4.69, 9.17) is 23.2 Å². The van der Waals surface area contributed by atoms with E-state index in [0.29, 0.717) is 5.56 Å². The molecule has 1 aromatic rings. The van der Waals surface area contributed by atoms with Gasteiger partial charge in [-0.25, -0.2) is 4.79 Å². The smallest absolute Gasteiger partial charge is 0.330 e. The van der Waals surface area contributed by atoms with E-state index < -0.39 is 10.9 Å². The molecule has 0 unspecified atom stereocenters. The molecular formula is C10H7Cl2NO4. The predicted octanol–water partition coefficient (Wildman–Crippen LogP) is 3.09. The van der Waals surface area contributed by atoms with E-state index in [9.17, 15) is 14.9 Å². The van der Waals surface area contributed by atoms with Gasteiger partial charge in [0, 0.05) is 12.1 Å². The van der Waals surface area contributed by atoms with E-state index in [0.717, 1.165) is 6.08 Å². The van der Waals surface area contributed by atoms with Crippen molar-refractivity contribution in [1.29, 1.82) is 0 Å². The van der Waals surface area contributed by atoms with E-state index in [-0.39, 0.29) is 15.7 Å². The zero-order valence-electron chi connectivity index (χ0n) is 8.65. The molecule has 0 saturated heterocycles. The van der Waals surface area contributed by atoms with Crippen molar-refractivity contribution in [1.82, 2.24) is 0 Å². The number of hydrogen-bond acceptors (Lipinski definition) is 4. The summed E-state index contributed by atoms with van der Waals surface area (Å²) in [7, 11) is 1.23. The fourth-order valence-electron chi connectivity index (χ4n) is 1.06. The topological polar surface area (TPSA) is 69.4 Å². The highest BCUT2D eigenvalue weighted by Crippen LogP contribution is 2.33. The lowest BCUT2D eigenvalue weighted by molar-refractivity contribution is -0.384. The number of nitro benzene ring substituents is 1. The van der Waals surface area contributed by atoms with Crippen LogP contribution >= 0.6 is 23.2 Å². The summed E-state index contributed by atoms with van der Waals surface area (Å²) in [4.78, 5) is 20.9. The van der Waals surface area contributed by atoms with E-state index >= 15 is 0 Å². The second-order valence-corrected chi connectivity index (χ2v) is 3.73. The van der Waals surface area contributed by atoms with Crippen molar-refractivity contribution in [3.05, 3.63) is 43.9 Å². The Bertz CT molecular complexity index is 499. The van der Waals surface area contributed by atoms with Gasteiger partial charge < -0.3 is 4.74 Å². The van der Waals surface area contributed by atoms with Crippen LogP contribution < -0.4 is 0 Å². The molecule has 0 aliphatic rings. The summed E-state index contributed by atoms with van der Waals surface area (Å²) in [6.45, 7) is 0. The molecule has 0 aliphatic heterocycles. The number of halogens is 2. The fourth-order valence-corrected chi connectivity index (χ4v) is 1.46. The first-order valence-electron chi connectivity index (χ1n) is 4.35. The molecule has 0 saturated carbocycles. The minimum absolute atomic E-state index is 0.0467. The van der Waals surface area contributed by atoms with Crippen molar-refractivity contribution in [3.63, 3.8) is 0 Å². The maximum atomic E-state index is 10.9. The van der Waals surface area contributed by atoms with Gasteiger partial charge in [-0.15, -0.1) is 0 Å². The van der Waals surface area contributed by atoms with Crippen LogP contribution in [0.4, 0.5) is 5.69 Å². The van der Waals surface area contributed by atoms with Gasteiger partial charge in [-0.1, -0.05) is 23.2 Å². The molecule has 0 N–H and O–H groups in total. The number of esters is 1. The van der Waals surface area contributed by atoms with Gasteiger partial charge in [0.05, 0.1) is 17.1 Å². The van der Waals surface area contributed by atoms with Gasteiger partial charge >= 0.3 is 5.97 Å². The number of nitrogens with zero attached hydrogens (tertiary/aromatic N) is 1. The van der Waals surface area contributed by atoms with Crippen LogP contribution in [0.3, 0.4) is 0 Å². The second kappa shape index (κ2) is 5.65. The lowest BCUT2D eigenvalue weighted by Gasteiger charge is -2.00. The van der Waals surface area contributed by atoms with Crippen molar-refractivity contribution in [2.45, 2.75) is 0 Å². The maximum absolute atomic E-state index is 10.9. The first-order valence-corrected chi connectivity index (χ1v) is 5.10. The maximum Gasteiger partial charge on any atom is 0.330 e. The SMILES string of the molecule is COC(=O)/C=C/c1cc(Cl)c(Cl)c([N+](=O)[O-])c1. The first-order chi connectivity index (χ1) is 7.95. The molecule has 0 amide bonds. The minimum atomic E-state index is -0.649. The molecule has 0 aliphatic carbocycles. The van der Waals surface area contributed by atoms with Gasteiger partial charge in [-0.05, 0) is 17.7 Å². The summed E-state index contributed by atoms with van der Waals surface area (Å²) >= 11 is 11.4. The largest absolute Gasteiger partial charge is 0.466 e. The number of ether oxygens (including phenoxy) is 1. The molecule has 0 heterocycles. The van der Waals surface area contributed by atoms with Crippen LogP contribution in [-0.2, 0) is 9.53 Å². The van der Waals surface area contributed by atoms with Crippen LogP contribution in [-0.4, -0.2) is 18.0 Å². The lowest BCUT2D eigenvalue weighted by Crippen LogP contribution is -1.94. The standard InChI is InChI=1S/C10H7Cl2NO4/c1-17-9(14)3-2-6-4-7(11)10(12)8(5-6)13(15)16/h2-5H,1H3/b3-2+. The summed E-state index contributed by atoms with van der Waals surface area (Å²) in [6, 6.07) is 2.63. The molecule has 1 rings (SSSR count). The molecular weight excluding hydrogens is 269 g/mol. The van der Waals surface area contributed by atoms with Crippen LogP contribution in [0, 0.1) is 10.1 Å². The number of rotatable bonds is 3. The number of carbonyl (C=O) groups excluding carboxylic acids is 1. The molecule has 5 nitrogen and oxygen atoms in total. The average molecular weight is 276 g/mol. The van der Waals surface area contributed by atoms with Crippen molar-refractivity contribution < 1.29 is 14.5 Å². The molecule has 0 spiro atoms. The van der Waals surface area contributed by atoms with E-state index in [1.54, 1.807) is 0 Å². The van der Waals surface area contributed by atoms with E-state index in [1.165, 1.54) is 25.3 Å². The summed E-state index contributed by atoms with van der Waals surface area (Å²) in [5, 5.41) is 10.6. The minimum Gasteiger partial charge on any atom is -0.466 e. The summed E-state index contributed by atoms with van der Waals surface area (Å²) in [6.07, 6.45) is 2.48. The molecule has 0 aromatic heterocycles.